The molecule has 1 aliphatic carbocycles. The van der Waals surface area contributed by atoms with Gasteiger partial charge in [0.2, 0.25) is 0 Å². The number of methoxy groups -OCH3 is 1. The SMILES string of the molecule is COC(=O)[C@@H](C)C(c1ccc2c(c1F)OC1(CCNCC1)CC2)C1CC1. The van der Waals surface area contributed by atoms with E-state index in [1.807, 2.05) is 19.1 Å². The predicted molar refractivity (Wildman–Crippen MR) is 96.8 cm³/mol. The number of rotatable bonds is 4. The maximum absolute atomic E-state index is 15.6. The van der Waals surface area contributed by atoms with Crippen LogP contribution in [0.4, 0.5) is 4.39 Å². The monoisotopic (exact) mass is 361 g/mol. The molecule has 1 spiro atoms. The number of hydrogen-bond donors (Lipinski definition) is 1. The topological polar surface area (TPSA) is 47.6 Å². The van der Waals surface area contributed by atoms with Gasteiger partial charge in [-0.1, -0.05) is 19.1 Å². The predicted octanol–water partition coefficient (Wildman–Crippen LogP) is 3.58. The van der Waals surface area contributed by atoms with E-state index in [2.05, 4.69) is 5.32 Å². The van der Waals surface area contributed by atoms with Crippen molar-refractivity contribution in [2.75, 3.05) is 20.2 Å². The number of hydrogen-bond acceptors (Lipinski definition) is 4. The molecule has 1 saturated carbocycles. The van der Waals surface area contributed by atoms with Crippen LogP contribution in [0.25, 0.3) is 0 Å². The van der Waals surface area contributed by atoms with Gasteiger partial charge in [0, 0.05) is 5.92 Å². The third-order valence-corrected chi connectivity index (χ3v) is 6.49. The Hall–Kier alpha value is -1.62. The summed E-state index contributed by atoms with van der Waals surface area (Å²) < 4.78 is 26.8. The minimum atomic E-state index is -0.350. The molecule has 2 heterocycles. The number of benzene rings is 1. The van der Waals surface area contributed by atoms with Crippen molar-refractivity contribution in [3.63, 3.8) is 0 Å². The van der Waals surface area contributed by atoms with Gasteiger partial charge in [0.15, 0.2) is 11.6 Å². The number of ether oxygens (including phenoxy) is 2. The third-order valence-electron chi connectivity index (χ3n) is 6.49. The molecule has 26 heavy (non-hydrogen) atoms. The van der Waals surface area contributed by atoms with Crippen molar-refractivity contribution in [3.05, 3.63) is 29.1 Å². The Balaban J connectivity index is 1.68. The lowest BCUT2D eigenvalue weighted by Gasteiger charge is -2.42. The van der Waals surface area contributed by atoms with Crippen molar-refractivity contribution in [3.8, 4) is 5.75 Å². The Labute approximate surface area is 154 Å². The van der Waals surface area contributed by atoms with Gasteiger partial charge in [-0.25, -0.2) is 4.39 Å². The highest BCUT2D eigenvalue weighted by molar-refractivity contribution is 5.73. The third kappa shape index (κ3) is 3.11. The smallest absolute Gasteiger partial charge is 0.309 e. The van der Waals surface area contributed by atoms with E-state index in [4.69, 9.17) is 9.47 Å². The molecule has 0 radical (unpaired) electrons. The maximum Gasteiger partial charge on any atom is 0.309 e. The quantitative estimate of drug-likeness (QED) is 0.833. The lowest BCUT2D eigenvalue weighted by molar-refractivity contribution is -0.145. The van der Waals surface area contributed by atoms with Crippen LogP contribution in [-0.2, 0) is 16.0 Å². The van der Waals surface area contributed by atoms with E-state index in [0.29, 0.717) is 17.2 Å². The van der Waals surface area contributed by atoms with Gasteiger partial charge in [-0.15, -0.1) is 0 Å². The highest BCUT2D eigenvalue weighted by Gasteiger charge is 2.43. The van der Waals surface area contributed by atoms with Gasteiger partial charge >= 0.3 is 5.97 Å². The van der Waals surface area contributed by atoms with E-state index < -0.39 is 0 Å². The molecular weight excluding hydrogens is 333 g/mol. The van der Waals surface area contributed by atoms with Gasteiger partial charge in [0.05, 0.1) is 13.0 Å². The van der Waals surface area contributed by atoms with Crippen molar-refractivity contribution in [1.29, 1.82) is 0 Å². The van der Waals surface area contributed by atoms with Crippen molar-refractivity contribution in [2.45, 2.75) is 57.0 Å². The molecule has 2 fully saturated rings. The first-order valence-corrected chi connectivity index (χ1v) is 9.83. The highest BCUT2D eigenvalue weighted by atomic mass is 19.1. The summed E-state index contributed by atoms with van der Waals surface area (Å²) in [6, 6.07) is 3.88. The van der Waals surface area contributed by atoms with Crippen LogP contribution in [0.2, 0.25) is 0 Å². The number of fused-ring (bicyclic) bond motifs is 1. The second-order valence-electron chi connectivity index (χ2n) is 8.17. The number of carbonyl (C=O) groups is 1. The number of carbonyl (C=O) groups excluding carboxylic acids is 1. The second kappa shape index (κ2) is 6.84. The summed E-state index contributed by atoms with van der Waals surface area (Å²) >= 11 is 0. The zero-order valence-corrected chi connectivity index (χ0v) is 15.6. The summed E-state index contributed by atoms with van der Waals surface area (Å²) in [6.07, 6.45) is 5.72. The molecule has 3 aliphatic rings. The van der Waals surface area contributed by atoms with Gasteiger partial charge in [0.25, 0.3) is 0 Å². The molecule has 0 amide bonds. The Morgan fingerprint density at radius 3 is 2.69 bits per heavy atom. The Bertz CT molecular complexity index is 695. The normalized spacial score (nSPS) is 23.7. The summed E-state index contributed by atoms with van der Waals surface area (Å²) in [6.45, 7) is 3.68. The van der Waals surface area contributed by atoms with Crippen LogP contribution in [0.3, 0.4) is 0 Å². The molecule has 1 N–H and O–H groups in total. The molecule has 1 unspecified atom stereocenters. The van der Waals surface area contributed by atoms with Crippen LogP contribution in [0.5, 0.6) is 5.75 Å². The molecule has 4 rings (SSSR count). The van der Waals surface area contributed by atoms with E-state index in [1.54, 1.807) is 0 Å². The van der Waals surface area contributed by atoms with Gasteiger partial charge in [-0.05, 0) is 68.7 Å². The molecule has 2 aliphatic heterocycles. The Morgan fingerprint density at radius 2 is 2.04 bits per heavy atom. The fraction of sp³-hybridized carbons (Fsp3) is 0.667. The van der Waals surface area contributed by atoms with Gasteiger partial charge in [0.1, 0.15) is 5.60 Å². The molecule has 4 nitrogen and oxygen atoms in total. The maximum atomic E-state index is 15.6. The first-order valence-electron chi connectivity index (χ1n) is 9.83. The fourth-order valence-electron chi connectivity index (χ4n) is 4.76. The minimum absolute atomic E-state index is 0.137. The average molecular weight is 361 g/mol. The van der Waals surface area contributed by atoms with Gasteiger partial charge in [-0.3, -0.25) is 4.79 Å². The lowest BCUT2D eigenvalue weighted by atomic mass is 9.80. The molecule has 2 atom stereocenters. The van der Waals surface area contributed by atoms with Crippen LogP contribution in [0, 0.1) is 17.7 Å². The van der Waals surface area contributed by atoms with Crippen molar-refractivity contribution < 1.29 is 18.7 Å². The van der Waals surface area contributed by atoms with Gasteiger partial charge < -0.3 is 14.8 Å². The van der Waals surface area contributed by atoms with Crippen molar-refractivity contribution >= 4 is 5.97 Å². The molecule has 1 aromatic rings. The molecule has 0 aromatic heterocycles. The van der Waals surface area contributed by atoms with E-state index >= 15 is 4.39 Å². The second-order valence-corrected chi connectivity index (χ2v) is 8.17. The van der Waals surface area contributed by atoms with E-state index in [9.17, 15) is 4.79 Å². The molecule has 0 bridgehead atoms. The number of esters is 1. The largest absolute Gasteiger partial charge is 0.484 e. The summed E-state index contributed by atoms with van der Waals surface area (Å²) in [5, 5.41) is 3.36. The van der Waals surface area contributed by atoms with Crippen molar-refractivity contribution in [1.82, 2.24) is 5.32 Å². The summed E-state index contributed by atoms with van der Waals surface area (Å²) in [5.74, 6) is -0.229. The lowest BCUT2D eigenvalue weighted by Crippen LogP contribution is -2.48. The molecule has 1 aromatic carbocycles. The van der Waals surface area contributed by atoms with E-state index in [0.717, 1.165) is 57.2 Å². The molecule has 1 saturated heterocycles. The summed E-state index contributed by atoms with van der Waals surface area (Å²) in [4.78, 5) is 12.1. The number of piperidine rings is 1. The average Bonchev–Trinajstić information content (AvgIpc) is 3.49. The summed E-state index contributed by atoms with van der Waals surface area (Å²) in [5.41, 5.74) is 1.34. The Morgan fingerprint density at radius 1 is 1.31 bits per heavy atom. The van der Waals surface area contributed by atoms with Crippen LogP contribution in [0.1, 0.15) is 56.1 Å². The first-order chi connectivity index (χ1) is 12.5. The number of nitrogens with one attached hydrogen (secondary N) is 1. The summed E-state index contributed by atoms with van der Waals surface area (Å²) in [7, 11) is 1.40. The zero-order chi connectivity index (χ0) is 18.3. The van der Waals surface area contributed by atoms with Gasteiger partial charge in [-0.2, -0.15) is 0 Å². The van der Waals surface area contributed by atoms with E-state index in [1.165, 1.54) is 7.11 Å². The van der Waals surface area contributed by atoms with E-state index in [-0.39, 0.29) is 29.2 Å². The Kier molecular flexibility index (Phi) is 4.68. The van der Waals surface area contributed by atoms with Crippen LogP contribution in [-0.4, -0.2) is 31.8 Å². The fourth-order valence-corrected chi connectivity index (χ4v) is 4.76. The van der Waals surface area contributed by atoms with Crippen molar-refractivity contribution in [2.24, 2.45) is 11.8 Å². The zero-order valence-electron chi connectivity index (χ0n) is 15.6. The highest BCUT2D eigenvalue weighted by Crippen LogP contribution is 2.50. The molecular formula is C21H28FNO3. The molecule has 142 valence electrons. The van der Waals surface area contributed by atoms with Crippen LogP contribution in [0.15, 0.2) is 12.1 Å². The van der Waals surface area contributed by atoms with Crippen LogP contribution < -0.4 is 10.1 Å². The molecule has 5 heteroatoms. The number of aryl methyl sites for hydroxylation is 1. The number of halogens is 1. The standard InChI is InChI=1S/C21H28FNO3/c1-13(20(24)25-2)17(14-3-4-14)16-6-5-15-7-8-21(9-11-23-12-10-21)26-19(15)18(16)22/h5-6,13-14,17,23H,3-4,7-12H2,1-2H3/t13-,17?/m0/s1. The van der Waals surface area contributed by atoms with Crippen LogP contribution >= 0.6 is 0 Å². The minimum Gasteiger partial charge on any atom is -0.484 e. The first kappa shape index (κ1) is 17.8.